The van der Waals surface area contributed by atoms with Gasteiger partial charge in [0.25, 0.3) is 0 Å². The highest BCUT2D eigenvalue weighted by Crippen LogP contribution is 2.23. The standard InChI is InChI=1S/C13H9N5/c14-9-12-13(17-18-7-3-4-8-18)10-5-1-2-6-11(10)15-16-12/h1-8H,(H,15,17). The molecule has 1 aromatic carbocycles. The number of nitrogens with zero attached hydrogens (tertiary/aromatic N) is 4. The van der Waals surface area contributed by atoms with Gasteiger partial charge in [0.15, 0.2) is 5.69 Å². The van der Waals surface area contributed by atoms with Gasteiger partial charge < -0.3 is 0 Å². The van der Waals surface area contributed by atoms with Crippen molar-refractivity contribution in [3.8, 4) is 6.07 Å². The second-order valence-electron chi connectivity index (χ2n) is 3.75. The van der Waals surface area contributed by atoms with Crippen LogP contribution in [-0.4, -0.2) is 14.9 Å². The summed E-state index contributed by atoms with van der Waals surface area (Å²) in [7, 11) is 0. The molecular formula is C13H9N5. The summed E-state index contributed by atoms with van der Waals surface area (Å²) < 4.78 is 1.77. The molecule has 0 amide bonds. The van der Waals surface area contributed by atoms with Crippen molar-refractivity contribution < 1.29 is 0 Å². The maximum absolute atomic E-state index is 9.10. The second-order valence-corrected chi connectivity index (χ2v) is 3.75. The molecule has 0 saturated carbocycles. The summed E-state index contributed by atoms with van der Waals surface area (Å²) in [5.74, 6) is 0. The van der Waals surface area contributed by atoms with Crippen LogP contribution in [0.2, 0.25) is 0 Å². The number of hydrogen-bond acceptors (Lipinski definition) is 4. The number of nitriles is 1. The Hall–Kier alpha value is -2.87. The van der Waals surface area contributed by atoms with E-state index in [4.69, 9.17) is 5.26 Å². The molecule has 2 heterocycles. The van der Waals surface area contributed by atoms with Crippen LogP contribution in [0.1, 0.15) is 5.69 Å². The molecule has 1 N–H and O–H groups in total. The molecular weight excluding hydrogens is 226 g/mol. The lowest BCUT2D eigenvalue weighted by molar-refractivity contribution is 0.956. The molecule has 3 rings (SSSR count). The summed E-state index contributed by atoms with van der Waals surface area (Å²) in [5, 5.41) is 17.9. The maximum atomic E-state index is 9.10. The van der Waals surface area contributed by atoms with Crippen molar-refractivity contribution in [2.24, 2.45) is 0 Å². The van der Waals surface area contributed by atoms with E-state index >= 15 is 0 Å². The van der Waals surface area contributed by atoms with Crippen LogP contribution >= 0.6 is 0 Å². The van der Waals surface area contributed by atoms with Crippen molar-refractivity contribution >= 4 is 16.6 Å². The first kappa shape index (κ1) is 10.3. The first-order valence-electron chi connectivity index (χ1n) is 5.44. The van der Waals surface area contributed by atoms with Gasteiger partial charge in [0.2, 0.25) is 0 Å². The predicted octanol–water partition coefficient (Wildman–Crippen LogP) is 2.18. The summed E-state index contributed by atoms with van der Waals surface area (Å²) >= 11 is 0. The van der Waals surface area contributed by atoms with E-state index in [0.717, 1.165) is 10.9 Å². The third kappa shape index (κ3) is 1.66. The number of fused-ring (bicyclic) bond motifs is 1. The van der Waals surface area contributed by atoms with E-state index in [0.29, 0.717) is 5.69 Å². The molecule has 0 saturated heterocycles. The van der Waals surface area contributed by atoms with E-state index in [-0.39, 0.29) is 5.69 Å². The van der Waals surface area contributed by atoms with E-state index in [2.05, 4.69) is 21.7 Å². The first-order valence-corrected chi connectivity index (χ1v) is 5.44. The quantitative estimate of drug-likeness (QED) is 0.739. The molecule has 0 unspecified atom stereocenters. The van der Waals surface area contributed by atoms with Gasteiger partial charge in [0, 0.05) is 17.8 Å². The van der Waals surface area contributed by atoms with Crippen molar-refractivity contribution in [3.63, 3.8) is 0 Å². The van der Waals surface area contributed by atoms with Crippen LogP contribution in [0.4, 0.5) is 5.69 Å². The van der Waals surface area contributed by atoms with Gasteiger partial charge >= 0.3 is 0 Å². The number of benzene rings is 1. The van der Waals surface area contributed by atoms with Crippen LogP contribution in [0.3, 0.4) is 0 Å². The van der Waals surface area contributed by atoms with Gasteiger partial charge in [-0.15, -0.1) is 10.2 Å². The molecule has 0 radical (unpaired) electrons. The summed E-state index contributed by atoms with van der Waals surface area (Å²) in [4.78, 5) is 0. The van der Waals surface area contributed by atoms with Crippen LogP contribution in [0, 0.1) is 11.3 Å². The summed E-state index contributed by atoms with van der Waals surface area (Å²) in [6.45, 7) is 0. The third-order valence-corrected chi connectivity index (χ3v) is 2.62. The number of rotatable bonds is 2. The predicted molar refractivity (Wildman–Crippen MR) is 67.7 cm³/mol. The van der Waals surface area contributed by atoms with Crippen molar-refractivity contribution in [1.29, 1.82) is 5.26 Å². The first-order chi connectivity index (χ1) is 8.88. The Morgan fingerprint density at radius 1 is 1.06 bits per heavy atom. The number of anilines is 1. The fourth-order valence-electron chi connectivity index (χ4n) is 1.78. The monoisotopic (exact) mass is 235 g/mol. The Labute approximate surface area is 103 Å². The lowest BCUT2D eigenvalue weighted by Crippen LogP contribution is -2.09. The molecule has 0 bridgehead atoms. The molecule has 0 aliphatic rings. The maximum Gasteiger partial charge on any atom is 0.188 e. The Bertz CT molecular complexity index is 725. The molecule has 0 atom stereocenters. The van der Waals surface area contributed by atoms with Gasteiger partial charge in [-0.3, -0.25) is 10.1 Å². The highest BCUT2D eigenvalue weighted by molar-refractivity contribution is 5.92. The minimum atomic E-state index is 0.280. The minimum Gasteiger partial charge on any atom is -0.291 e. The Morgan fingerprint density at radius 2 is 1.83 bits per heavy atom. The Kier molecular flexibility index (Phi) is 2.39. The molecule has 0 aliphatic heterocycles. The molecule has 0 fully saturated rings. The highest BCUT2D eigenvalue weighted by Gasteiger charge is 2.09. The summed E-state index contributed by atoms with van der Waals surface area (Å²) in [6, 6.07) is 13.4. The molecule has 2 aromatic heterocycles. The van der Waals surface area contributed by atoms with E-state index in [1.165, 1.54) is 0 Å². The zero-order valence-corrected chi connectivity index (χ0v) is 9.41. The summed E-state index contributed by atoms with van der Waals surface area (Å²) in [5.41, 5.74) is 4.84. The molecule has 0 aliphatic carbocycles. The van der Waals surface area contributed by atoms with Crippen LogP contribution < -0.4 is 5.43 Å². The van der Waals surface area contributed by atoms with Gasteiger partial charge in [-0.25, -0.2) is 0 Å². The van der Waals surface area contributed by atoms with Crippen molar-refractivity contribution in [2.75, 3.05) is 5.43 Å². The third-order valence-electron chi connectivity index (χ3n) is 2.62. The Balaban J connectivity index is 2.21. The number of nitrogens with one attached hydrogen (secondary N) is 1. The molecule has 5 heteroatoms. The van der Waals surface area contributed by atoms with Crippen LogP contribution in [-0.2, 0) is 0 Å². The molecule has 3 aromatic rings. The van der Waals surface area contributed by atoms with E-state index in [1.807, 2.05) is 48.8 Å². The lowest BCUT2D eigenvalue weighted by Gasteiger charge is -2.10. The Morgan fingerprint density at radius 3 is 2.61 bits per heavy atom. The van der Waals surface area contributed by atoms with Crippen molar-refractivity contribution in [1.82, 2.24) is 14.9 Å². The molecule has 0 spiro atoms. The van der Waals surface area contributed by atoms with E-state index in [9.17, 15) is 0 Å². The number of aromatic nitrogens is 3. The smallest absolute Gasteiger partial charge is 0.188 e. The zero-order chi connectivity index (χ0) is 12.4. The fourth-order valence-corrected chi connectivity index (χ4v) is 1.78. The van der Waals surface area contributed by atoms with Crippen molar-refractivity contribution in [2.45, 2.75) is 0 Å². The highest BCUT2D eigenvalue weighted by atomic mass is 15.4. The van der Waals surface area contributed by atoms with Gasteiger partial charge in [0.05, 0.1) is 5.52 Å². The minimum absolute atomic E-state index is 0.280. The SMILES string of the molecule is N#Cc1nnc2ccccc2c1Nn1cccc1. The largest absolute Gasteiger partial charge is 0.291 e. The lowest BCUT2D eigenvalue weighted by atomic mass is 10.2. The second kappa shape index (κ2) is 4.18. The van der Waals surface area contributed by atoms with Gasteiger partial charge in [-0.1, -0.05) is 18.2 Å². The van der Waals surface area contributed by atoms with E-state index in [1.54, 1.807) is 4.68 Å². The van der Waals surface area contributed by atoms with Crippen molar-refractivity contribution in [3.05, 3.63) is 54.5 Å². The average Bonchev–Trinajstić information content (AvgIpc) is 2.92. The topological polar surface area (TPSA) is 66.5 Å². The van der Waals surface area contributed by atoms with Crippen LogP contribution in [0.25, 0.3) is 10.9 Å². The van der Waals surface area contributed by atoms with E-state index < -0.39 is 0 Å². The van der Waals surface area contributed by atoms with Crippen LogP contribution in [0.5, 0.6) is 0 Å². The van der Waals surface area contributed by atoms with Gasteiger partial charge in [0.1, 0.15) is 11.8 Å². The molecule has 5 nitrogen and oxygen atoms in total. The number of hydrogen-bond donors (Lipinski definition) is 1. The normalized spacial score (nSPS) is 10.2. The molecule has 86 valence electrons. The average molecular weight is 235 g/mol. The van der Waals surface area contributed by atoms with Crippen LogP contribution in [0.15, 0.2) is 48.8 Å². The molecule has 18 heavy (non-hydrogen) atoms. The fraction of sp³-hybridized carbons (Fsp3) is 0. The summed E-state index contributed by atoms with van der Waals surface area (Å²) in [6.07, 6.45) is 3.71. The zero-order valence-electron chi connectivity index (χ0n) is 9.41. The van der Waals surface area contributed by atoms with Gasteiger partial charge in [-0.2, -0.15) is 5.26 Å². The van der Waals surface area contributed by atoms with Gasteiger partial charge in [-0.05, 0) is 18.2 Å².